The second-order valence-electron chi connectivity index (χ2n) is 5.16. The molecule has 1 aromatic carbocycles. The topological polar surface area (TPSA) is 58.7 Å². The van der Waals surface area contributed by atoms with E-state index in [-0.39, 0.29) is 6.54 Å². The summed E-state index contributed by atoms with van der Waals surface area (Å²) in [7, 11) is 0. The van der Waals surface area contributed by atoms with E-state index in [0.29, 0.717) is 6.42 Å². The number of nitrogens with zero attached hydrogens (tertiary/aromatic N) is 1. The Hall–Kier alpha value is -0.940. The van der Waals surface area contributed by atoms with Crippen LogP contribution < -0.4 is 5.73 Å². The molecule has 0 saturated carbocycles. The van der Waals surface area contributed by atoms with Crippen molar-refractivity contribution in [1.29, 1.82) is 0 Å². The van der Waals surface area contributed by atoms with E-state index in [2.05, 4.69) is 4.90 Å². The third-order valence-electron chi connectivity index (χ3n) is 3.81. The molecule has 19 heavy (non-hydrogen) atoms. The van der Waals surface area contributed by atoms with Crippen LogP contribution in [-0.2, 0) is 10.3 Å². The smallest absolute Gasteiger partial charge is 0.103 e. The number of ether oxygens (including phenoxy) is 1. The van der Waals surface area contributed by atoms with Gasteiger partial charge in [0.1, 0.15) is 5.60 Å². The van der Waals surface area contributed by atoms with Crippen LogP contribution in [0.15, 0.2) is 30.3 Å². The number of hydrogen-bond donors (Lipinski definition) is 2. The summed E-state index contributed by atoms with van der Waals surface area (Å²) >= 11 is 0. The summed E-state index contributed by atoms with van der Waals surface area (Å²) < 4.78 is 5.44. The fraction of sp³-hybridized carbons (Fsp3) is 0.600. The lowest BCUT2D eigenvalue weighted by Gasteiger charge is -2.30. The van der Waals surface area contributed by atoms with Crippen LogP contribution in [0.3, 0.4) is 0 Å². The van der Waals surface area contributed by atoms with Gasteiger partial charge in [-0.15, -0.1) is 0 Å². The van der Waals surface area contributed by atoms with Crippen LogP contribution in [0.4, 0.5) is 0 Å². The van der Waals surface area contributed by atoms with Gasteiger partial charge in [0, 0.05) is 32.8 Å². The lowest BCUT2D eigenvalue weighted by Crippen LogP contribution is -2.39. The maximum atomic E-state index is 10.7. The summed E-state index contributed by atoms with van der Waals surface area (Å²) in [6.07, 6.45) is 1.72. The lowest BCUT2D eigenvalue weighted by atomic mass is 9.90. The molecule has 1 aromatic rings. The predicted octanol–water partition coefficient (Wildman–Crippen LogP) is 0.945. The van der Waals surface area contributed by atoms with Gasteiger partial charge in [0.25, 0.3) is 0 Å². The minimum Gasteiger partial charge on any atom is -0.384 e. The number of hydrogen-bond acceptors (Lipinski definition) is 4. The molecular weight excluding hydrogens is 240 g/mol. The molecule has 0 amide bonds. The monoisotopic (exact) mass is 264 g/mol. The van der Waals surface area contributed by atoms with Gasteiger partial charge in [-0.1, -0.05) is 30.3 Å². The molecule has 3 N–H and O–H groups in total. The summed E-state index contributed by atoms with van der Waals surface area (Å²) in [4.78, 5) is 2.34. The van der Waals surface area contributed by atoms with E-state index in [4.69, 9.17) is 10.5 Å². The first-order valence-electron chi connectivity index (χ1n) is 7.03. The Balaban J connectivity index is 1.94. The first-order chi connectivity index (χ1) is 9.24. The normalized spacial score (nSPS) is 20.7. The number of rotatable bonds is 5. The summed E-state index contributed by atoms with van der Waals surface area (Å²) in [6, 6.07) is 9.72. The van der Waals surface area contributed by atoms with Crippen LogP contribution in [0, 0.1) is 0 Å². The van der Waals surface area contributed by atoms with Crippen LogP contribution in [0.2, 0.25) is 0 Å². The van der Waals surface area contributed by atoms with Crippen molar-refractivity contribution in [2.45, 2.75) is 18.4 Å². The van der Waals surface area contributed by atoms with Crippen molar-refractivity contribution >= 4 is 0 Å². The zero-order valence-electron chi connectivity index (χ0n) is 11.4. The quantitative estimate of drug-likeness (QED) is 0.831. The molecule has 0 aliphatic carbocycles. The average molecular weight is 264 g/mol. The summed E-state index contributed by atoms with van der Waals surface area (Å²) in [5.74, 6) is 0. The zero-order valence-corrected chi connectivity index (χ0v) is 11.4. The van der Waals surface area contributed by atoms with E-state index < -0.39 is 5.60 Å². The molecule has 0 bridgehead atoms. The standard InChI is InChI=1S/C15H24N2O2/c16-13-15(18,14-5-2-1-3-6-14)7-9-17-8-4-11-19-12-10-17/h1-3,5-6,18H,4,7-13,16H2. The molecule has 0 radical (unpaired) electrons. The maximum Gasteiger partial charge on any atom is 0.103 e. The molecular formula is C15H24N2O2. The molecule has 4 nitrogen and oxygen atoms in total. The molecule has 2 rings (SSSR count). The highest BCUT2D eigenvalue weighted by Crippen LogP contribution is 2.24. The Kier molecular flexibility index (Phi) is 5.34. The van der Waals surface area contributed by atoms with Crippen LogP contribution >= 0.6 is 0 Å². The molecule has 1 unspecified atom stereocenters. The summed E-state index contributed by atoms with van der Waals surface area (Å²) in [6.45, 7) is 4.71. The minimum atomic E-state index is -0.922. The Morgan fingerprint density at radius 3 is 2.74 bits per heavy atom. The van der Waals surface area contributed by atoms with E-state index >= 15 is 0 Å². The second kappa shape index (κ2) is 7.01. The first kappa shape index (κ1) is 14.5. The number of aliphatic hydroxyl groups is 1. The fourth-order valence-electron chi connectivity index (χ4n) is 2.48. The average Bonchev–Trinajstić information content (AvgIpc) is 2.74. The lowest BCUT2D eigenvalue weighted by molar-refractivity contribution is 0.0253. The van der Waals surface area contributed by atoms with Crippen molar-refractivity contribution in [3.05, 3.63) is 35.9 Å². The van der Waals surface area contributed by atoms with E-state index in [0.717, 1.165) is 44.8 Å². The van der Waals surface area contributed by atoms with Gasteiger partial charge in [0.2, 0.25) is 0 Å². The van der Waals surface area contributed by atoms with E-state index in [1.807, 2.05) is 30.3 Å². The van der Waals surface area contributed by atoms with Crippen LogP contribution in [0.5, 0.6) is 0 Å². The van der Waals surface area contributed by atoms with Gasteiger partial charge in [-0.3, -0.25) is 0 Å². The second-order valence-corrected chi connectivity index (χ2v) is 5.16. The third kappa shape index (κ3) is 4.01. The zero-order chi connectivity index (χ0) is 13.6. The Labute approximate surface area is 115 Å². The van der Waals surface area contributed by atoms with E-state index in [1.54, 1.807) is 0 Å². The van der Waals surface area contributed by atoms with Crippen molar-refractivity contribution in [2.75, 3.05) is 39.4 Å². The van der Waals surface area contributed by atoms with Gasteiger partial charge in [-0.2, -0.15) is 0 Å². The fourth-order valence-corrected chi connectivity index (χ4v) is 2.48. The molecule has 1 heterocycles. The van der Waals surface area contributed by atoms with E-state index in [1.165, 1.54) is 0 Å². The van der Waals surface area contributed by atoms with E-state index in [9.17, 15) is 5.11 Å². The molecule has 1 fully saturated rings. The van der Waals surface area contributed by atoms with Crippen molar-refractivity contribution in [3.8, 4) is 0 Å². The van der Waals surface area contributed by atoms with Gasteiger partial charge >= 0.3 is 0 Å². The molecule has 1 aliphatic heterocycles. The van der Waals surface area contributed by atoms with Gasteiger partial charge in [-0.05, 0) is 18.4 Å². The summed E-state index contributed by atoms with van der Waals surface area (Å²) in [5.41, 5.74) is 5.78. The van der Waals surface area contributed by atoms with Gasteiger partial charge in [0.05, 0.1) is 6.61 Å². The van der Waals surface area contributed by atoms with Crippen LogP contribution in [0.1, 0.15) is 18.4 Å². The Morgan fingerprint density at radius 1 is 1.21 bits per heavy atom. The number of nitrogens with two attached hydrogens (primary N) is 1. The Bertz CT molecular complexity index is 364. The van der Waals surface area contributed by atoms with Crippen LogP contribution in [0.25, 0.3) is 0 Å². The minimum absolute atomic E-state index is 0.251. The molecule has 1 atom stereocenters. The highest BCUT2D eigenvalue weighted by molar-refractivity contribution is 5.22. The highest BCUT2D eigenvalue weighted by Gasteiger charge is 2.28. The van der Waals surface area contributed by atoms with Gasteiger partial charge in [0.15, 0.2) is 0 Å². The molecule has 106 valence electrons. The van der Waals surface area contributed by atoms with Gasteiger partial charge in [-0.25, -0.2) is 0 Å². The third-order valence-corrected chi connectivity index (χ3v) is 3.81. The molecule has 0 spiro atoms. The predicted molar refractivity (Wildman–Crippen MR) is 75.9 cm³/mol. The molecule has 0 aromatic heterocycles. The van der Waals surface area contributed by atoms with Crippen LogP contribution in [-0.4, -0.2) is 49.4 Å². The van der Waals surface area contributed by atoms with Crippen molar-refractivity contribution in [1.82, 2.24) is 4.90 Å². The summed E-state index contributed by atoms with van der Waals surface area (Å²) in [5, 5.41) is 10.7. The van der Waals surface area contributed by atoms with Crippen molar-refractivity contribution in [2.24, 2.45) is 5.73 Å². The molecule has 4 heteroatoms. The molecule has 1 aliphatic rings. The molecule has 1 saturated heterocycles. The SMILES string of the molecule is NCC(O)(CCN1CCCOCC1)c1ccccc1. The van der Waals surface area contributed by atoms with Gasteiger partial charge < -0.3 is 20.5 Å². The largest absolute Gasteiger partial charge is 0.384 e. The van der Waals surface area contributed by atoms with Crippen molar-refractivity contribution in [3.63, 3.8) is 0 Å². The highest BCUT2D eigenvalue weighted by atomic mass is 16.5. The first-order valence-corrected chi connectivity index (χ1v) is 7.03. The number of benzene rings is 1. The Morgan fingerprint density at radius 2 is 2.00 bits per heavy atom. The maximum absolute atomic E-state index is 10.7. The van der Waals surface area contributed by atoms with Crippen molar-refractivity contribution < 1.29 is 9.84 Å².